The summed E-state index contributed by atoms with van der Waals surface area (Å²) in [7, 11) is 0. The Balaban J connectivity index is 2.23. The summed E-state index contributed by atoms with van der Waals surface area (Å²) in [5.74, 6) is 1.48. The van der Waals surface area contributed by atoms with Gasteiger partial charge < -0.3 is 15.1 Å². The highest BCUT2D eigenvalue weighted by Crippen LogP contribution is 2.19. The van der Waals surface area contributed by atoms with Gasteiger partial charge in [-0.2, -0.15) is 0 Å². The Hall–Kier alpha value is -1.20. The molecule has 0 radical (unpaired) electrons. The Bertz CT molecular complexity index is 339. The second kappa shape index (κ2) is 3.75. The number of aryl methyl sites for hydroxylation is 2. The third-order valence-electron chi connectivity index (χ3n) is 2.54. The molecule has 5 heteroatoms. The van der Waals surface area contributed by atoms with Crippen LogP contribution in [0.4, 0.5) is 5.82 Å². The molecule has 0 bridgehead atoms. The molecule has 1 saturated heterocycles. The van der Waals surface area contributed by atoms with Gasteiger partial charge in [0.05, 0.1) is 12.2 Å². The summed E-state index contributed by atoms with van der Waals surface area (Å²) in [6.45, 7) is 4.59. The van der Waals surface area contributed by atoms with Crippen molar-refractivity contribution < 1.29 is 10.2 Å². The van der Waals surface area contributed by atoms with E-state index in [1.54, 1.807) is 0 Å². The first kappa shape index (κ1) is 10.3. The average molecular weight is 209 g/mol. The van der Waals surface area contributed by atoms with E-state index in [2.05, 4.69) is 9.97 Å². The maximum absolute atomic E-state index is 9.43. The molecule has 2 atom stereocenters. The number of rotatable bonds is 1. The third kappa shape index (κ3) is 2.08. The van der Waals surface area contributed by atoms with Gasteiger partial charge >= 0.3 is 0 Å². The predicted octanol–water partition coefficient (Wildman–Crippen LogP) is -0.365. The van der Waals surface area contributed by atoms with E-state index in [4.69, 9.17) is 0 Å². The number of nitrogens with zero attached hydrogens (tertiary/aromatic N) is 3. The lowest BCUT2D eigenvalue weighted by molar-refractivity contribution is 0.0572. The van der Waals surface area contributed by atoms with Crippen molar-refractivity contribution in [1.29, 1.82) is 0 Å². The normalized spacial score (nSPS) is 26.0. The number of hydrogen-bond donors (Lipinski definition) is 2. The summed E-state index contributed by atoms with van der Waals surface area (Å²) in [5.41, 5.74) is 0.897. The van der Waals surface area contributed by atoms with Crippen LogP contribution in [0, 0.1) is 13.8 Å². The van der Waals surface area contributed by atoms with Gasteiger partial charge in [-0.1, -0.05) is 0 Å². The number of anilines is 1. The van der Waals surface area contributed by atoms with E-state index in [1.165, 1.54) is 0 Å². The van der Waals surface area contributed by atoms with Crippen LogP contribution in [0.5, 0.6) is 0 Å². The highest BCUT2D eigenvalue weighted by atomic mass is 16.3. The average Bonchev–Trinajstić information content (AvgIpc) is 2.45. The van der Waals surface area contributed by atoms with Crippen molar-refractivity contribution in [1.82, 2.24) is 9.97 Å². The van der Waals surface area contributed by atoms with Gasteiger partial charge in [0.2, 0.25) is 0 Å². The molecule has 5 nitrogen and oxygen atoms in total. The van der Waals surface area contributed by atoms with E-state index in [-0.39, 0.29) is 0 Å². The van der Waals surface area contributed by atoms with Crippen LogP contribution in [0.25, 0.3) is 0 Å². The van der Waals surface area contributed by atoms with Crippen molar-refractivity contribution in [2.45, 2.75) is 26.1 Å². The van der Waals surface area contributed by atoms with Crippen LogP contribution in [-0.4, -0.2) is 45.5 Å². The first-order valence-corrected chi connectivity index (χ1v) is 4.99. The molecule has 2 heterocycles. The molecule has 0 aliphatic carbocycles. The van der Waals surface area contributed by atoms with Crippen LogP contribution < -0.4 is 4.90 Å². The summed E-state index contributed by atoms with van der Waals surface area (Å²) in [6, 6.07) is 1.86. The first-order chi connectivity index (χ1) is 7.06. The monoisotopic (exact) mass is 209 g/mol. The van der Waals surface area contributed by atoms with Crippen molar-refractivity contribution in [2.24, 2.45) is 0 Å². The van der Waals surface area contributed by atoms with Crippen LogP contribution in [-0.2, 0) is 0 Å². The molecular weight excluding hydrogens is 194 g/mol. The predicted molar refractivity (Wildman–Crippen MR) is 55.7 cm³/mol. The second-order valence-corrected chi connectivity index (χ2v) is 3.95. The molecule has 1 aromatic heterocycles. The Kier molecular flexibility index (Phi) is 2.58. The quantitative estimate of drug-likeness (QED) is 0.660. The largest absolute Gasteiger partial charge is 0.389 e. The Morgan fingerprint density at radius 1 is 1.20 bits per heavy atom. The molecule has 0 amide bonds. The number of aliphatic hydroxyl groups is 2. The topological polar surface area (TPSA) is 69.5 Å². The number of aromatic nitrogens is 2. The van der Waals surface area contributed by atoms with Gasteiger partial charge in [0.15, 0.2) is 0 Å². The van der Waals surface area contributed by atoms with Crippen LogP contribution in [0.15, 0.2) is 6.07 Å². The van der Waals surface area contributed by atoms with Gasteiger partial charge in [-0.05, 0) is 13.8 Å². The fourth-order valence-corrected chi connectivity index (χ4v) is 1.82. The molecule has 1 aromatic rings. The maximum atomic E-state index is 9.43. The molecule has 82 valence electrons. The first-order valence-electron chi connectivity index (χ1n) is 4.99. The number of β-amino-alcohol motifs (C(OH)–C–C–N with tert-alkyl or cyclic N) is 2. The number of aliphatic hydroxyl groups excluding tert-OH is 2. The smallest absolute Gasteiger partial charge is 0.132 e. The zero-order valence-electron chi connectivity index (χ0n) is 8.88. The molecule has 15 heavy (non-hydrogen) atoms. The van der Waals surface area contributed by atoms with Crippen LogP contribution in [0.1, 0.15) is 11.5 Å². The lowest BCUT2D eigenvalue weighted by Crippen LogP contribution is -2.22. The van der Waals surface area contributed by atoms with Crippen molar-refractivity contribution in [3.8, 4) is 0 Å². The summed E-state index contributed by atoms with van der Waals surface area (Å²) in [4.78, 5) is 10.3. The second-order valence-electron chi connectivity index (χ2n) is 3.95. The van der Waals surface area contributed by atoms with Crippen LogP contribution >= 0.6 is 0 Å². The maximum Gasteiger partial charge on any atom is 0.132 e. The zero-order valence-corrected chi connectivity index (χ0v) is 8.88. The van der Waals surface area contributed by atoms with Gasteiger partial charge in [0.25, 0.3) is 0 Å². The Morgan fingerprint density at radius 3 is 2.33 bits per heavy atom. The minimum atomic E-state index is -0.680. The lowest BCUT2D eigenvalue weighted by atomic mass is 10.3. The zero-order chi connectivity index (χ0) is 11.0. The summed E-state index contributed by atoms with van der Waals surface area (Å²) >= 11 is 0. The molecule has 0 spiro atoms. The van der Waals surface area contributed by atoms with Gasteiger partial charge in [-0.15, -0.1) is 0 Å². The van der Waals surface area contributed by atoms with Gasteiger partial charge in [-0.3, -0.25) is 0 Å². The van der Waals surface area contributed by atoms with Crippen LogP contribution in [0.3, 0.4) is 0 Å². The summed E-state index contributed by atoms with van der Waals surface area (Å²) in [6.07, 6.45) is -1.36. The molecular formula is C10H15N3O2. The minimum Gasteiger partial charge on any atom is -0.389 e. The Labute approximate surface area is 88.4 Å². The molecule has 1 aliphatic rings. The Morgan fingerprint density at radius 2 is 1.80 bits per heavy atom. The van der Waals surface area contributed by atoms with E-state index < -0.39 is 12.2 Å². The molecule has 2 rings (SSSR count). The number of hydrogen-bond acceptors (Lipinski definition) is 5. The molecule has 0 saturated carbocycles. The van der Waals surface area contributed by atoms with E-state index in [9.17, 15) is 10.2 Å². The van der Waals surface area contributed by atoms with E-state index in [0.717, 1.165) is 11.5 Å². The highest BCUT2D eigenvalue weighted by Gasteiger charge is 2.30. The van der Waals surface area contributed by atoms with Crippen molar-refractivity contribution in [3.63, 3.8) is 0 Å². The van der Waals surface area contributed by atoms with Gasteiger partial charge in [0.1, 0.15) is 11.6 Å². The standard InChI is InChI=1S/C10H15N3O2/c1-6-3-10(12-7(2)11-6)13-4-8(14)9(15)5-13/h3,8-9,14-15H,4-5H2,1-2H3. The lowest BCUT2D eigenvalue weighted by Gasteiger charge is -2.16. The van der Waals surface area contributed by atoms with Crippen molar-refractivity contribution >= 4 is 5.82 Å². The van der Waals surface area contributed by atoms with Gasteiger partial charge in [0, 0.05) is 24.8 Å². The van der Waals surface area contributed by atoms with Crippen LogP contribution in [0.2, 0.25) is 0 Å². The summed E-state index contributed by atoms with van der Waals surface area (Å²) < 4.78 is 0. The van der Waals surface area contributed by atoms with Crippen molar-refractivity contribution in [2.75, 3.05) is 18.0 Å². The fourth-order valence-electron chi connectivity index (χ4n) is 1.82. The molecule has 2 unspecified atom stereocenters. The summed E-state index contributed by atoms with van der Waals surface area (Å²) in [5, 5.41) is 18.9. The highest BCUT2D eigenvalue weighted by molar-refractivity contribution is 5.41. The SMILES string of the molecule is Cc1cc(N2CC(O)C(O)C2)nc(C)n1. The third-order valence-corrected chi connectivity index (χ3v) is 2.54. The molecule has 2 N–H and O–H groups in total. The van der Waals surface area contributed by atoms with E-state index >= 15 is 0 Å². The van der Waals surface area contributed by atoms with E-state index in [1.807, 2.05) is 24.8 Å². The van der Waals surface area contributed by atoms with Gasteiger partial charge in [-0.25, -0.2) is 9.97 Å². The minimum absolute atomic E-state index is 0.428. The fraction of sp³-hybridized carbons (Fsp3) is 0.600. The molecule has 1 fully saturated rings. The molecule has 1 aliphatic heterocycles. The van der Waals surface area contributed by atoms with E-state index in [0.29, 0.717) is 18.9 Å². The van der Waals surface area contributed by atoms with Crippen molar-refractivity contribution in [3.05, 3.63) is 17.6 Å². The molecule has 0 aromatic carbocycles.